The molecule has 0 fully saturated rings. The number of carbonyl (C=O) groups excluding carboxylic acids is 1. The van der Waals surface area contributed by atoms with Crippen molar-refractivity contribution in [1.82, 2.24) is 0 Å². The first-order chi connectivity index (χ1) is 8.02. The molecule has 0 amide bonds. The normalized spacial score (nSPS) is 10.5. The van der Waals surface area contributed by atoms with Gasteiger partial charge < -0.3 is 5.73 Å². The van der Waals surface area contributed by atoms with Gasteiger partial charge in [0.05, 0.1) is 10.6 Å². The van der Waals surface area contributed by atoms with Gasteiger partial charge in [-0.3, -0.25) is 4.79 Å². The molecular formula is C13H12FNOS. The predicted octanol–water partition coefficient (Wildman–Crippen LogP) is 3.65. The van der Waals surface area contributed by atoms with Crippen molar-refractivity contribution >= 4 is 22.1 Å². The second-order valence-corrected chi connectivity index (χ2v) is 4.88. The molecule has 0 saturated heterocycles. The fourth-order valence-corrected chi connectivity index (χ4v) is 3.03. The van der Waals surface area contributed by atoms with E-state index < -0.39 is 0 Å². The van der Waals surface area contributed by atoms with E-state index in [1.54, 1.807) is 25.1 Å². The van der Waals surface area contributed by atoms with Crippen molar-refractivity contribution in [2.45, 2.75) is 13.8 Å². The summed E-state index contributed by atoms with van der Waals surface area (Å²) >= 11 is 1.25. The zero-order valence-corrected chi connectivity index (χ0v) is 10.4. The summed E-state index contributed by atoms with van der Waals surface area (Å²) in [6.45, 7) is 3.27. The van der Waals surface area contributed by atoms with Crippen molar-refractivity contribution in [3.8, 4) is 10.4 Å². The number of rotatable bonds is 2. The molecule has 88 valence electrons. The first-order valence-electron chi connectivity index (χ1n) is 5.17. The van der Waals surface area contributed by atoms with Gasteiger partial charge in [-0.15, -0.1) is 11.3 Å². The number of anilines is 1. The lowest BCUT2D eigenvalue weighted by Gasteiger charge is -2.01. The number of hydrogen-bond donors (Lipinski definition) is 1. The summed E-state index contributed by atoms with van der Waals surface area (Å²) in [5.41, 5.74) is 7.56. The first-order valence-corrected chi connectivity index (χ1v) is 5.98. The first kappa shape index (κ1) is 11.8. The lowest BCUT2D eigenvalue weighted by Crippen LogP contribution is -1.97. The number of ketones is 1. The van der Waals surface area contributed by atoms with Gasteiger partial charge in [0.25, 0.3) is 0 Å². The van der Waals surface area contributed by atoms with Crippen molar-refractivity contribution < 1.29 is 9.18 Å². The molecular weight excluding hydrogens is 237 g/mol. The van der Waals surface area contributed by atoms with Crippen LogP contribution in [0.2, 0.25) is 0 Å². The van der Waals surface area contributed by atoms with Crippen LogP contribution in [0.25, 0.3) is 10.4 Å². The van der Waals surface area contributed by atoms with E-state index in [-0.39, 0.29) is 11.6 Å². The minimum atomic E-state index is -0.299. The van der Waals surface area contributed by atoms with Gasteiger partial charge in [-0.25, -0.2) is 4.39 Å². The van der Waals surface area contributed by atoms with Crippen molar-refractivity contribution in [2.24, 2.45) is 0 Å². The molecule has 0 saturated carbocycles. The largest absolute Gasteiger partial charge is 0.390 e. The van der Waals surface area contributed by atoms with Crippen molar-refractivity contribution in [2.75, 3.05) is 5.73 Å². The molecule has 0 bridgehead atoms. The molecule has 0 radical (unpaired) electrons. The van der Waals surface area contributed by atoms with Crippen LogP contribution in [0.3, 0.4) is 0 Å². The molecule has 0 unspecified atom stereocenters. The lowest BCUT2D eigenvalue weighted by atomic mass is 10.0. The number of halogens is 1. The highest BCUT2D eigenvalue weighted by Gasteiger charge is 2.18. The Morgan fingerprint density at radius 3 is 2.53 bits per heavy atom. The van der Waals surface area contributed by atoms with Crippen LogP contribution in [0.15, 0.2) is 24.3 Å². The van der Waals surface area contributed by atoms with Crippen LogP contribution in [0, 0.1) is 12.7 Å². The summed E-state index contributed by atoms with van der Waals surface area (Å²) in [7, 11) is 0. The molecule has 0 aliphatic carbocycles. The van der Waals surface area contributed by atoms with Crippen LogP contribution in [-0.4, -0.2) is 5.78 Å². The number of nitrogens with two attached hydrogens (primary N) is 1. The van der Waals surface area contributed by atoms with E-state index in [9.17, 15) is 9.18 Å². The summed E-state index contributed by atoms with van der Waals surface area (Å²) in [5, 5.41) is 0.452. The minimum Gasteiger partial charge on any atom is -0.390 e. The molecule has 2 rings (SSSR count). The number of nitrogen functional groups attached to an aromatic ring is 1. The molecule has 0 atom stereocenters. The Hall–Kier alpha value is -1.68. The Morgan fingerprint density at radius 2 is 2.00 bits per heavy atom. The van der Waals surface area contributed by atoms with E-state index in [2.05, 4.69) is 0 Å². The summed E-state index contributed by atoms with van der Waals surface area (Å²) in [4.78, 5) is 12.2. The zero-order chi connectivity index (χ0) is 12.6. The van der Waals surface area contributed by atoms with Gasteiger partial charge in [-0.1, -0.05) is 18.2 Å². The Morgan fingerprint density at radius 1 is 1.35 bits per heavy atom. The van der Waals surface area contributed by atoms with Gasteiger partial charge >= 0.3 is 0 Å². The van der Waals surface area contributed by atoms with Gasteiger partial charge in [0.1, 0.15) is 5.82 Å². The van der Waals surface area contributed by atoms with Crippen molar-refractivity contribution in [3.63, 3.8) is 0 Å². The smallest absolute Gasteiger partial charge is 0.163 e. The molecule has 0 aliphatic heterocycles. The standard InChI is InChI=1S/C13H12FNOS/c1-7-11(8(2)16)13(15)17-12(7)9-5-3-4-6-10(9)14/h3-6H,15H2,1-2H3. The van der Waals surface area contributed by atoms with Crippen LogP contribution in [0.4, 0.5) is 9.39 Å². The monoisotopic (exact) mass is 249 g/mol. The van der Waals surface area contributed by atoms with Crippen LogP contribution < -0.4 is 5.73 Å². The van der Waals surface area contributed by atoms with Crippen LogP contribution in [0.1, 0.15) is 22.8 Å². The molecule has 0 spiro atoms. The number of thiophene rings is 1. The topological polar surface area (TPSA) is 43.1 Å². The SMILES string of the molecule is CC(=O)c1c(N)sc(-c2ccccc2F)c1C. The zero-order valence-electron chi connectivity index (χ0n) is 9.58. The lowest BCUT2D eigenvalue weighted by molar-refractivity contribution is 0.101. The third kappa shape index (κ3) is 1.96. The van der Waals surface area contributed by atoms with E-state index in [4.69, 9.17) is 5.73 Å². The number of Topliss-reactive ketones (excluding diaryl/α,β-unsaturated/α-hetero) is 1. The van der Waals surface area contributed by atoms with E-state index in [1.807, 2.05) is 0 Å². The molecule has 1 aromatic heterocycles. The highest BCUT2D eigenvalue weighted by atomic mass is 32.1. The van der Waals surface area contributed by atoms with Crippen molar-refractivity contribution in [3.05, 3.63) is 41.2 Å². The summed E-state index contributed by atoms with van der Waals surface area (Å²) in [5.74, 6) is -0.384. The maximum Gasteiger partial charge on any atom is 0.163 e. The third-order valence-corrected chi connectivity index (χ3v) is 3.80. The molecule has 2 aromatic rings. The van der Waals surface area contributed by atoms with Crippen LogP contribution >= 0.6 is 11.3 Å². The molecule has 0 aliphatic rings. The quantitative estimate of drug-likeness (QED) is 0.825. The fraction of sp³-hybridized carbons (Fsp3) is 0.154. The molecule has 1 heterocycles. The van der Waals surface area contributed by atoms with Gasteiger partial charge in [-0.05, 0) is 25.5 Å². The second kappa shape index (κ2) is 4.30. The van der Waals surface area contributed by atoms with E-state index >= 15 is 0 Å². The average Bonchev–Trinajstić information content (AvgIpc) is 2.55. The Balaban J connectivity index is 2.66. The molecule has 2 nitrogen and oxygen atoms in total. The predicted molar refractivity (Wildman–Crippen MR) is 68.9 cm³/mol. The van der Waals surface area contributed by atoms with Crippen LogP contribution in [0.5, 0.6) is 0 Å². The van der Waals surface area contributed by atoms with Gasteiger partial charge in [-0.2, -0.15) is 0 Å². The molecule has 4 heteroatoms. The van der Waals surface area contributed by atoms with Gasteiger partial charge in [0.15, 0.2) is 5.78 Å². The Labute approximate surface area is 103 Å². The van der Waals surface area contributed by atoms with Gasteiger partial charge in [0.2, 0.25) is 0 Å². The number of benzene rings is 1. The number of carbonyl (C=O) groups is 1. The minimum absolute atomic E-state index is 0.0844. The van der Waals surface area contributed by atoms with E-state index in [1.165, 1.54) is 24.3 Å². The maximum absolute atomic E-state index is 13.7. The third-order valence-electron chi connectivity index (χ3n) is 2.64. The molecule has 1 aromatic carbocycles. The average molecular weight is 249 g/mol. The van der Waals surface area contributed by atoms with E-state index in [0.29, 0.717) is 16.1 Å². The fourth-order valence-electron chi connectivity index (χ4n) is 1.88. The number of hydrogen-bond acceptors (Lipinski definition) is 3. The van der Waals surface area contributed by atoms with Crippen LogP contribution in [-0.2, 0) is 0 Å². The highest BCUT2D eigenvalue weighted by Crippen LogP contribution is 2.39. The highest BCUT2D eigenvalue weighted by molar-refractivity contribution is 7.19. The van der Waals surface area contributed by atoms with Gasteiger partial charge in [0, 0.05) is 10.4 Å². The summed E-state index contributed by atoms with van der Waals surface area (Å²) in [6.07, 6.45) is 0. The summed E-state index contributed by atoms with van der Waals surface area (Å²) < 4.78 is 13.7. The van der Waals surface area contributed by atoms with E-state index in [0.717, 1.165) is 10.4 Å². The molecule has 17 heavy (non-hydrogen) atoms. The summed E-state index contributed by atoms with van der Waals surface area (Å²) in [6, 6.07) is 6.49. The maximum atomic E-state index is 13.7. The Bertz CT molecular complexity index is 589. The Kier molecular flexibility index (Phi) is 2.98. The van der Waals surface area contributed by atoms with Crippen molar-refractivity contribution in [1.29, 1.82) is 0 Å². The molecule has 2 N–H and O–H groups in total. The second-order valence-electron chi connectivity index (χ2n) is 3.83.